The third kappa shape index (κ3) is 4.31. The summed E-state index contributed by atoms with van der Waals surface area (Å²) in [6, 6.07) is 4.52. The minimum Gasteiger partial charge on any atom is -0.435 e. The molecule has 0 saturated carbocycles. The molecule has 5 rings (SSSR count). The maximum atomic E-state index is 13.7. The highest BCUT2D eigenvalue weighted by molar-refractivity contribution is 5.91. The fraction of sp³-hybridized carbons (Fsp3) is 0.364. The molecule has 0 unspecified atom stereocenters. The highest BCUT2D eigenvalue weighted by Gasteiger charge is 2.32. The zero-order chi connectivity index (χ0) is 22.1. The molecule has 0 aliphatic carbocycles. The van der Waals surface area contributed by atoms with E-state index >= 15 is 0 Å². The number of aromatic amines is 1. The first kappa shape index (κ1) is 20.5. The Morgan fingerprint density at radius 1 is 1.31 bits per heavy atom. The van der Waals surface area contributed by atoms with Crippen LogP contribution < -0.4 is 5.32 Å². The maximum Gasteiger partial charge on any atom is 0.289 e. The summed E-state index contributed by atoms with van der Waals surface area (Å²) in [7, 11) is 0. The van der Waals surface area contributed by atoms with Gasteiger partial charge in [-0.1, -0.05) is 0 Å². The summed E-state index contributed by atoms with van der Waals surface area (Å²) in [4.78, 5) is 30.4. The molecule has 32 heavy (non-hydrogen) atoms. The number of fused-ring (bicyclic) bond motifs is 1. The molecule has 1 aromatic carbocycles. The van der Waals surface area contributed by atoms with Crippen LogP contribution in [0.3, 0.4) is 0 Å². The Kier molecular flexibility index (Phi) is 5.52. The van der Waals surface area contributed by atoms with E-state index in [0.29, 0.717) is 24.2 Å². The van der Waals surface area contributed by atoms with E-state index in [4.69, 9.17) is 4.42 Å². The number of allylic oxidation sites excluding steroid dienone is 1. The molecular weight excluding hydrogens is 418 g/mol. The molecule has 1 fully saturated rings. The Morgan fingerprint density at radius 3 is 3.03 bits per heavy atom. The highest BCUT2D eigenvalue weighted by atomic mass is 19.1. The molecule has 2 N–H and O–H groups in total. The van der Waals surface area contributed by atoms with E-state index in [9.17, 15) is 13.6 Å². The fourth-order valence-corrected chi connectivity index (χ4v) is 3.88. The monoisotopic (exact) mass is 440 g/mol. The van der Waals surface area contributed by atoms with Crippen LogP contribution in [0.4, 0.5) is 8.78 Å². The van der Waals surface area contributed by atoms with E-state index in [1.165, 1.54) is 18.3 Å². The van der Waals surface area contributed by atoms with E-state index in [0.717, 1.165) is 37.4 Å². The molecule has 0 radical (unpaired) electrons. The summed E-state index contributed by atoms with van der Waals surface area (Å²) < 4.78 is 32.6. The Hall–Kier alpha value is -3.40. The number of nitrogens with one attached hydrogen (secondary N) is 2. The molecule has 1 saturated heterocycles. The first-order valence-corrected chi connectivity index (χ1v) is 10.6. The lowest BCUT2D eigenvalue weighted by atomic mass is 10.00. The summed E-state index contributed by atoms with van der Waals surface area (Å²) in [5.74, 6) is 0.521. The van der Waals surface area contributed by atoms with Crippen molar-refractivity contribution in [2.24, 2.45) is 4.99 Å². The number of carbonyl (C=O) groups excluding carboxylic acids is 1. The van der Waals surface area contributed by atoms with Gasteiger partial charge in [0.15, 0.2) is 0 Å². The molecule has 2 aromatic heterocycles. The average Bonchev–Trinajstić information content (AvgIpc) is 3.38. The van der Waals surface area contributed by atoms with Crippen molar-refractivity contribution < 1.29 is 18.0 Å². The van der Waals surface area contributed by atoms with E-state index < -0.39 is 5.91 Å². The number of nitrogens with zero attached hydrogens (tertiary/aromatic N) is 4. The molecule has 0 spiro atoms. The number of carbonyl (C=O) groups is 1. The molecule has 4 heterocycles. The van der Waals surface area contributed by atoms with Gasteiger partial charge in [-0.15, -0.1) is 0 Å². The van der Waals surface area contributed by atoms with Crippen LogP contribution in [0.1, 0.15) is 41.0 Å². The van der Waals surface area contributed by atoms with Gasteiger partial charge in [-0.05, 0) is 18.6 Å². The fourth-order valence-electron chi connectivity index (χ4n) is 3.88. The van der Waals surface area contributed by atoms with Crippen LogP contribution in [-0.4, -0.2) is 58.2 Å². The zero-order valence-corrected chi connectivity index (χ0v) is 17.3. The number of oxazole rings is 1. The number of rotatable bonds is 7. The van der Waals surface area contributed by atoms with Gasteiger partial charge in [0.25, 0.3) is 5.91 Å². The van der Waals surface area contributed by atoms with Crippen LogP contribution in [-0.2, 0) is 6.42 Å². The molecule has 0 atom stereocenters. The predicted octanol–water partition coefficient (Wildman–Crippen LogP) is 3.11. The number of H-pyrrole nitrogens is 1. The number of imidazole rings is 1. The molecule has 166 valence electrons. The lowest BCUT2D eigenvalue weighted by Gasteiger charge is -2.37. The van der Waals surface area contributed by atoms with Gasteiger partial charge in [-0.25, -0.2) is 18.7 Å². The highest BCUT2D eigenvalue weighted by Crippen LogP contribution is 2.27. The van der Waals surface area contributed by atoms with Gasteiger partial charge in [0.1, 0.15) is 17.5 Å². The van der Waals surface area contributed by atoms with Crippen LogP contribution in [0.2, 0.25) is 0 Å². The van der Waals surface area contributed by atoms with Gasteiger partial charge in [0.05, 0.1) is 35.4 Å². The molecule has 0 bridgehead atoms. The predicted molar refractivity (Wildman–Crippen MR) is 114 cm³/mol. The van der Waals surface area contributed by atoms with Crippen molar-refractivity contribution >= 4 is 23.2 Å². The molecular formula is C22H22F2N6O2. The third-order valence-electron chi connectivity index (χ3n) is 5.68. The molecule has 2 aliphatic heterocycles. The van der Waals surface area contributed by atoms with Crippen LogP contribution in [0, 0.1) is 5.82 Å². The van der Waals surface area contributed by atoms with E-state index in [1.807, 2.05) is 0 Å². The summed E-state index contributed by atoms with van der Waals surface area (Å²) in [6.07, 6.45) is 4.65. The summed E-state index contributed by atoms with van der Waals surface area (Å²) in [5, 5.41) is 2.62. The second kappa shape index (κ2) is 8.62. The van der Waals surface area contributed by atoms with Crippen LogP contribution >= 0.6 is 0 Å². The first-order valence-electron chi connectivity index (χ1n) is 10.6. The SMILES string of the molecule is O=C(NCC1=C(F)CCC=N1)c1cnc(C2CN(CCc3nc4cc(F)ccc4[nH]3)C2)o1. The lowest BCUT2D eigenvalue weighted by molar-refractivity contribution is 0.0916. The maximum absolute atomic E-state index is 13.7. The number of benzene rings is 1. The zero-order valence-electron chi connectivity index (χ0n) is 17.3. The number of amides is 1. The van der Waals surface area contributed by atoms with Crippen molar-refractivity contribution in [3.05, 3.63) is 59.2 Å². The van der Waals surface area contributed by atoms with Gasteiger partial charge in [-0.3, -0.25) is 9.79 Å². The summed E-state index contributed by atoms with van der Waals surface area (Å²) >= 11 is 0. The number of likely N-dealkylation sites (tertiary alicyclic amines) is 1. The van der Waals surface area contributed by atoms with E-state index in [2.05, 4.69) is 30.2 Å². The number of hydrogen-bond acceptors (Lipinski definition) is 6. The van der Waals surface area contributed by atoms with Gasteiger partial charge >= 0.3 is 0 Å². The van der Waals surface area contributed by atoms with Gasteiger partial charge in [0.2, 0.25) is 11.7 Å². The second-order valence-electron chi connectivity index (χ2n) is 8.00. The third-order valence-corrected chi connectivity index (χ3v) is 5.68. The average molecular weight is 440 g/mol. The van der Waals surface area contributed by atoms with Gasteiger partial charge in [0, 0.05) is 44.8 Å². The molecule has 2 aliphatic rings. The Balaban J connectivity index is 1.09. The number of aliphatic imine (C=N–C) groups is 1. The standard InChI is InChI=1S/C22H22F2N6O2/c23-14-3-4-16-17(8-14)29-20(28-16)5-7-30-11-13(12-30)22-27-10-19(32-22)21(31)26-9-18-15(24)2-1-6-25-18/h3-4,6,8,10,13H,1-2,5,7,9,11-12H2,(H,26,31)(H,28,29). The number of hydrogen-bond donors (Lipinski definition) is 2. The van der Waals surface area contributed by atoms with E-state index in [1.54, 1.807) is 12.3 Å². The normalized spacial score (nSPS) is 17.2. The molecule has 8 nitrogen and oxygen atoms in total. The Labute approximate surface area is 182 Å². The van der Waals surface area contributed by atoms with Crippen molar-refractivity contribution in [1.82, 2.24) is 25.2 Å². The Bertz CT molecular complexity index is 1210. The van der Waals surface area contributed by atoms with Crippen molar-refractivity contribution in [2.45, 2.75) is 25.2 Å². The molecule has 1 amide bonds. The topological polar surface area (TPSA) is 99.4 Å². The van der Waals surface area contributed by atoms with Crippen LogP contribution in [0.15, 0.2) is 45.3 Å². The number of halogens is 2. The quantitative estimate of drug-likeness (QED) is 0.588. The Morgan fingerprint density at radius 2 is 2.19 bits per heavy atom. The summed E-state index contributed by atoms with van der Waals surface area (Å²) in [6.45, 7) is 2.35. The van der Waals surface area contributed by atoms with E-state index in [-0.39, 0.29) is 35.6 Å². The van der Waals surface area contributed by atoms with Crippen molar-refractivity contribution in [1.29, 1.82) is 0 Å². The number of aromatic nitrogens is 3. The van der Waals surface area contributed by atoms with Crippen LogP contribution in [0.25, 0.3) is 11.0 Å². The van der Waals surface area contributed by atoms with Crippen molar-refractivity contribution in [3.63, 3.8) is 0 Å². The van der Waals surface area contributed by atoms with Crippen molar-refractivity contribution in [2.75, 3.05) is 26.2 Å². The first-order chi connectivity index (χ1) is 15.5. The van der Waals surface area contributed by atoms with Gasteiger partial charge < -0.3 is 19.6 Å². The lowest BCUT2D eigenvalue weighted by Crippen LogP contribution is -2.45. The molecule has 10 heteroatoms. The summed E-state index contributed by atoms with van der Waals surface area (Å²) in [5.41, 5.74) is 1.69. The smallest absolute Gasteiger partial charge is 0.289 e. The largest absolute Gasteiger partial charge is 0.435 e. The molecule has 3 aromatic rings. The minimum atomic E-state index is -0.442. The second-order valence-corrected chi connectivity index (χ2v) is 8.00. The van der Waals surface area contributed by atoms with Crippen molar-refractivity contribution in [3.8, 4) is 0 Å². The minimum absolute atomic E-state index is 0.0167. The van der Waals surface area contributed by atoms with Crippen LogP contribution in [0.5, 0.6) is 0 Å². The van der Waals surface area contributed by atoms with Gasteiger partial charge in [-0.2, -0.15) is 0 Å².